The molecular formula is C11H9ClN2O. The third-order valence-electron chi connectivity index (χ3n) is 2.06. The predicted octanol–water partition coefficient (Wildman–Crippen LogP) is 2.10. The fourth-order valence-electron chi connectivity index (χ4n) is 1.36. The van der Waals surface area contributed by atoms with Crippen molar-refractivity contribution in [3.63, 3.8) is 0 Å². The molecule has 3 nitrogen and oxygen atoms in total. The summed E-state index contributed by atoms with van der Waals surface area (Å²) in [6.07, 6.45) is 3.22. The maximum atomic E-state index is 11.5. The van der Waals surface area contributed by atoms with Gasteiger partial charge >= 0.3 is 0 Å². The van der Waals surface area contributed by atoms with Gasteiger partial charge in [-0.15, -0.1) is 0 Å². The molecule has 4 heteroatoms. The third kappa shape index (κ3) is 2.07. The summed E-state index contributed by atoms with van der Waals surface area (Å²) in [4.78, 5) is 15.3. The molecule has 2 aromatic rings. The minimum absolute atomic E-state index is 0.240. The molecule has 0 fully saturated rings. The third-order valence-corrected chi connectivity index (χ3v) is 2.29. The van der Waals surface area contributed by atoms with Crippen molar-refractivity contribution in [2.75, 3.05) is 0 Å². The Morgan fingerprint density at radius 3 is 2.93 bits per heavy atom. The Hall–Kier alpha value is -1.61. The molecule has 0 aliphatic carbocycles. The first-order valence-electron chi connectivity index (χ1n) is 4.45. The molecule has 0 saturated carbocycles. The Morgan fingerprint density at radius 1 is 1.40 bits per heavy atom. The van der Waals surface area contributed by atoms with E-state index in [9.17, 15) is 4.79 Å². The Morgan fingerprint density at radius 2 is 2.20 bits per heavy atom. The van der Waals surface area contributed by atoms with Crippen LogP contribution < -0.4 is 5.56 Å². The molecule has 0 amide bonds. The van der Waals surface area contributed by atoms with Crippen LogP contribution in [0, 0.1) is 0 Å². The first-order chi connectivity index (χ1) is 7.16. The van der Waals surface area contributed by atoms with Gasteiger partial charge in [0.25, 0.3) is 5.56 Å². The number of aromatic nitrogens is 2. The Labute approximate surface area is 92.0 Å². The molecule has 0 N–H and O–H groups in total. The maximum absolute atomic E-state index is 11.5. The van der Waals surface area contributed by atoms with Gasteiger partial charge in [-0.1, -0.05) is 23.7 Å². The van der Waals surface area contributed by atoms with Gasteiger partial charge in [0, 0.05) is 18.3 Å². The molecule has 0 bridgehead atoms. The van der Waals surface area contributed by atoms with Crippen molar-refractivity contribution in [2.45, 2.75) is 0 Å². The summed E-state index contributed by atoms with van der Waals surface area (Å²) < 4.78 is 1.73. The maximum Gasteiger partial charge on any atom is 0.280 e. The van der Waals surface area contributed by atoms with E-state index in [-0.39, 0.29) is 5.56 Å². The lowest BCUT2D eigenvalue weighted by molar-refractivity contribution is 0.856. The molecule has 1 aromatic heterocycles. The van der Waals surface area contributed by atoms with Crippen molar-refractivity contribution in [2.24, 2.45) is 7.05 Å². The SMILES string of the molecule is Cn1cnc(=O)c(-c2cccc(Cl)c2)c1. The van der Waals surface area contributed by atoms with E-state index in [0.717, 1.165) is 5.56 Å². The van der Waals surface area contributed by atoms with Crippen LogP contribution in [0.4, 0.5) is 0 Å². The van der Waals surface area contributed by atoms with Gasteiger partial charge in [-0.25, -0.2) is 0 Å². The molecule has 1 heterocycles. The van der Waals surface area contributed by atoms with E-state index in [0.29, 0.717) is 10.6 Å². The first kappa shape index (κ1) is 9.93. The fourth-order valence-corrected chi connectivity index (χ4v) is 1.55. The van der Waals surface area contributed by atoms with E-state index in [1.807, 2.05) is 19.2 Å². The van der Waals surface area contributed by atoms with Crippen molar-refractivity contribution < 1.29 is 0 Å². The van der Waals surface area contributed by atoms with Crippen LogP contribution in [0.5, 0.6) is 0 Å². The zero-order valence-corrected chi connectivity index (χ0v) is 8.90. The molecule has 15 heavy (non-hydrogen) atoms. The summed E-state index contributed by atoms with van der Waals surface area (Å²) in [5.74, 6) is 0. The minimum atomic E-state index is -0.240. The standard InChI is InChI=1S/C11H9ClN2O/c1-14-6-10(11(15)13-7-14)8-3-2-4-9(12)5-8/h2-7H,1H3. The summed E-state index contributed by atoms with van der Waals surface area (Å²) in [6.45, 7) is 0. The Balaban J connectivity index is 2.63. The van der Waals surface area contributed by atoms with Gasteiger partial charge in [0.15, 0.2) is 0 Å². The fraction of sp³-hybridized carbons (Fsp3) is 0.0909. The molecule has 0 saturated heterocycles. The zero-order valence-electron chi connectivity index (χ0n) is 8.14. The van der Waals surface area contributed by atoms with Crippen LogP contribution in [0.3, 0.4) is 0 Å². The number of hydrogen-bond donors (Lipinski definition) is 0. The van der Waals surface area contributed by atoms with E-state index >= 15 is 0 Å². The van der Waals surface area contributed by atoms with Crippen molar-refractivity contribution in [1.29, 1.82) is 0 Å². The summed E-state index contributed by atoms with van der Waals surface area (Å²) in [7, 11) is 1.82. The van der Waals surface area contributed by atoms with Crippen LogP contribution in [0.1, 0.15) is 0 Å². The van der Waals surface area contributed by atoms with Crippen molar-refractivity contribution in [3.8, 4) is 11.1 Å². The minimum Gasteiger partial charge on any atom is -0.341 e. The molecule has 76 valence electrons. The van der Waals surface area contributed by atoms with Gasteiger partial charge in [0.2, 0.25) is 0 Å². The normalized spacial score (nSPS) is 10.3. The van der Waals surface area contributed by atoms with E-state index in [4.69, 9.17) is 11.6 Å². The molecule has 0 atom stereocenters. The molecule has 2 rings (SSSR count). The van der Waals surface area contributed by atoms with E-state index < -0.39 is 0 Å². The average molecular weight is 221 g/mol. The average Bonchev–Trinajstić information content (AvgIpc) is 2.22. The molecule has 0 spiro atoms. The highest BCUT2D eigenvalue weighted by atomic mass is 35.5. The van der Waals surface area contributed by atoms with Gasteiger partial charge in [-0.3, -0.25) is 4.79 Å². The van der Waals surface area contributed by atoms with Crippen LogP contribution in [0.15, 0.2) is 41.6 Å². The van der Waals surface area contributed by atoms with Crippen LogP contribution >= 0.6 is 11.6 Å². The quantitative estimate of drug-likeness (QED) is 0.738. The van der Waals surface area contributed by atoms with Crippen LogP contribution in [-0.2, 0) is 7.05 Å². The van der Waals surface area contributed by atoms with E-state index in [2.05, 4.69) is 4.98 Å². The van der Waals surface area contributed by atoms with Crippen LogP contribution in [0.25, 0.3) is 11.1 Å². The number of nitrogens with zero attached hydrogens (tertiary/aromatic N) is 2. The number of benzene rings is 1. The highest BCUT2D eigenvalue weighted by Gasteiger charge is 2.03. The van der Waals surface area contributed by atoms with Gasteiger partial charge in [0.05, 0.1) is 11.9 Å². The van der Waals surface area contributed by atoms with Gasteiger partial charge in [-0.2, -0.15) is 4.98 Å². The second kappa shape index (κ2) is 3.87. The second-order valence-electron chi connectivity index (χ2n) is 3.27. The van der Waals surface area contributed by atoms with Crippen molar-refractivity contribution in [3.05, 3.63) is 52.2 Å². The van der Waals surface area contributed by atoms with Gasteiger partial charge < -0.3 is 4.57 Å². The monoisotopic (exact) mass is 220 g/mol. The summed E-state index contributed by atoms with van der Waals surface area (Å²) >= 11 is 5.86. The Kier molecular flexibility index (Phi) is 2.56. The summed E-state index contributed by atoms with van der Waals surface area (Å²) in [5.41, 5.74) is 1.11. The largest absolute Gasteiger partial charge is 0.341 e. The van der Waals surface area contributed by atoms with Crippen molar-refractivity contribution in [1.82, 2.24) is 9.55 Å². The van der Waals surface area contributed by atoms with Crippen LogP contribution in [-0.4, -0.2) is 9.55 Å². The topological polar surface area (TPSA) is 34.9 Å². The molecule has 0 unspecified atom stereocenters. The molecule has 1 aromatic carbocycles. The second-order valence-corrected chi connectivity index (χ2v) is 3.70. The number of aryl methyl sites for hydroxylation is 1. The van der Waals surface area contributed by atoms with Crippen LogP contribution in [0.2, 0.25) is 5.02 Å². The lowest BCUT2D eigenvalue weighted by Crippen LogP contribution is -2.11. The lowest BCUT2D eigenvalue weighted by atomic mass is 10.1. The lowest BCUT2D eigenvalue weighted by Gasteiger charge is -2.02. The molecular weight excluding hydrogens is 212 g/mol. The predicted molar refractivity (Wildman–Crippen MR) is 59.9 cm³/mol. The highest BCUT2D eigenvalue weighted by Crippen LogP contribution is 2.18. The molecule has 0 aliphatic rings. The van der Waals surface area contributed by atoms with Gasteiger partial charge in [-0.05, 0) is 17.7 Å². The molecule has 0 aliphatic heterocycles. The number of hydrogen-bond acceptors (Lipinski definition) is 2. The number of rotatable bonds is 1. The first-order valence-corrected chi connectivity index (χ1v) is 4.83. The van der Waals surface area contributed by atoms with E-state index in [1.54, 1.807) is 22.9 Å². The van der Waals surface area contributed by atoms with Gasteiger partial charge in [0.1, 0.15) is 0 Å². The Bertz CT molecular complexity index is 548. The van der Waals surface area contributed by atoms with E-state index in [1.165, 1.54) is 6.33 Å². The smallest absolute Gasteiger partial charge is 0.280 e. The molecule has 0 radical (unpaired) electrons. The highest BCUT2D eigenvalue weighted by molar-refractivity contribution is 6.30. The zero-order chi connectivity index (χ0) is 10.8. The number of halogens is 1. The summed E-state index contributed by atoms with van der Waals surface area (Å²) in [5, 5.41) is 0.610. The summed E-state index contributed by atoms with van der Waals surface area (Å²) in [6, 6.07) is 7.17. The van der Waals surface area contributed by atoms with Crippen molar-refractivity contribution >= 4 is 11.6 Å².